The topological polar surface area (TPSA) is 79.0 Å². The van der Waals surface area contributed by atoms with Crippen LogP contribution in [0.2, 0.25) is 5.02 Å². The van der Waals surface area contributed by atoms with E-state index in [4.69, 9.17) is 16.3 Å². The number of nitrogens with zero attached hydrogens (tertiary/aromatic N) is 4. The molecular formula is C15H15ClN6O. The second-order valence-corrected chi connectivity index (χ2v) is 5.62. The van der Waals surface area contributed by atoms with Crippen molar-refractivity contribution in [1.82, 2.24) is 20.2 Å². The van der Waals surface area contributed by atoms with Gasteiger partial charge in [-0.2, -0.15) is 10.1 Å². The second-order valence-electron chi connectivity index (χ2n) is 5.21. The van der Waals surface area contributed by atoms with Gasteiger partial charge in [-0.25, -0.2) is 4.98 Å². The maximum absolute atomic E-state index is 6.23. The molecule has 0 aliphatic carbocycles. The van der Waals surface area contributed by atoms with Crippen LogP contribution in [0.3, 0.4) is 0 Å². The number of ether oxygens (including phenoxy) is 1. The van der Waals surface area contributed by atoms with Gasteiger partial charge in [-0.15, -0.1) is 0 Å². The molecule has 1 aliphatic rings. The van der Waals surface area contributed by atoms with Crippen LogP contribution in [0.1, 0.15) is 0 Å². The van der Waals surface area contributed by atoms with Gasteiger partial charge in [0.05, 0.1) is 24.9 Å². The van der Waals surface area contributed by atoms with Crippen molar-refractivity contribution in [2.24, 2.45) is 0 Å². The van der Waals surface area contributed by atoms with E-state index < -0.39 is 0 Å². The zero-order chi connectivity index (χ0) is 15.6. The molecule has 2 aromatic heterocycles. The number of fused-ring (bicyclic) bond motifs is 1. The molecule has 1 aromatic carbocycles. The van der Waals surface area contributed by atoms with Crippen molar-refractivity contribution in [2.45, 2.75) is 0 Å². The average Bonchev–Trinajstić information content (AvgIpc) is 3.01. The van der Waals surface area contributed by atoms with Gasteiger partial charge in [0.1, 0.15) is 5.02 Å². The highest BCUT2D eigenvalue weighted by Gasteiger charge is 2.16. The highest BCUT2D eigenvalue weighted by Crippen LogP contribution is 2.27. The molecule has 2 N–H and O–H groups in total. The van der Waals surface area contributed by atoms with Crippen molar-refractivity contribution in [3.8, 4) is 0 Å². The third kappa shape index (κ3) is 2.80. The van der Waals surface area contributed by atoms with Crippen LogP contribution >= 0.6 is 11.6 Å². The Kier molecular flexibility index (Phi) is 3.72. The number of aromatic amines is 1. The molecule has 1 saturated heterocycles. The van der Waals surface area contributed by atoms with Gasteiger partial charge in [0.25, 0.3) is 0 Å². The first-order chi connectivity index (χ1) is 11.3. The van der Waals surface area contributed by atoms with Gasteiger partial charge in [0, 0.05) is 18.5 Å². The summed E-state index contributed by atoms with van der Waals surface area (Å²) in [5, 5.41) is 11.9. The molecule has 8 heteroatoms. The smallest absolute Gasteiger partial charge is 0.227 e. The molecule has 0 unspecified atom stereocenters. The minimum Gasteiger partial charge on any atom is -0.378 e. The van der Waals surface area contributed by atoms with Crippen LogP contribution in [0, 0.1) is 0 Å². The maximum atomic E-state index is 6.23. The van der Waals surface area contributed by atoms with Gasteiger partial charge in [-0.1, -0.05) is 23.7 Å². The van der Waals surface area contributed by atoms with Gasteiger partial charge in [-0.3, -0.25) is 5.10 Å². The molecule has 1 aliphatic heterocycles. The van der Waals surface area contributed by atoms with E-state index in [9.17, 15) is 0 Å². The molecule has 7 nitrogen and oxygen atoms in total. The minimum atomic E-state index is 0.453. The van der Waals surface area contributed by atoms with Crippen molar-refractivity contribution in [3.63, 3.8) is 0 Å². The number of para-hydroxylation sites is 1. The van der Waals surface area contributed by atoms with E-state index in [1.54, 1.807) is 6.20 Å². The van der Waals surface area contributed by atoms with Crippen molar-refractivity contribution in [2.75, 3.05) is 36.5 Å². The molecular weight excluding hydrogens is 316 g/mol. The molecule has 23 heavy (non-hydrogen) atoms. The van der Waals surface area contributed by atoms with Gasteiger partial charge in [-0.05, 0) is 12.1 Å². The van der Waals surface area contributed by atoms with Crippen LogP contribution in [0.4, 0.5) is 17.6 Å². The maximum Gasteiger partial charge on any atom is 0.227 e. The zero-order valence-electron chi connectivity index (χ0n) is 12.3. The van der Waals surface area contributed by atoms with Gasteiger partial charge >= 0.3 is 0 Å². The number of morpholine rings is 1. The Hall–Kier alpha value is -2.38. The summed E-state index contributed by atoms with van der Waals surface area (Å²) in [5.74, 6) is 1.87. The summed E-state index contributed by atoms with van der Waals surface area (Å²) in [6, 6.07) is 7.87. The lowest BCUT2D eigenvalue weighted by Gasteiger charge is -2.27. The molecule has 3 heterocycles. The molecule has 3 aromatic rings. The predicted octanol–water partition coefficient (Wildman–Crippen LogP) is 2.59. The molecule has 4 rings (SSSR count). The van der Waals surface area contributed by atoms with Crippen LogP contribution in [-0.2, 0) is 4.74 Å². The summed E-state index contributed by atoms with van der Waals surface area (Å²) < 4.78 is 5.36. The van der Waals surface area contributed by atoms with Gasteiger partial charge in [0.15, 0.2) is 11.6 Å². The van der Waals surface area contributed by atoms with Crippen LogP contribution in [0.15, 0.2) is 30.5 Å². The summed E-state index contributed by atoms with van der Waals surface area (Å²) in [5.41, 5.74) is 0.952. The van der Waals surface area contributed by atoms with Gasteiger partial charge < -0.3 is 15.0 Å². The third-order valence-corrected chi connectivity index (χ3v) is 4.01. The Bertz CT molecular complexity index is 830. The fourth-order valence-corrected chi connectivity index (χ4v) is 2.67. The first-order valence-corrected chi connectivity index (χ1v) is 7.74. The monoisotopic (exact) mass is 330 g/mol. The van der Waals surface area contributed by atoms with E-state index in [1.165, 1.54) is 0 Å². The highest BCUT2D eigenvalue weighted by atomic mass is 35.5. The van der Waals surface area contributed by atoms with Crippen molar-refractivity contribution < 1.29 is 4.74 Å². The molecule has 0 saturated carbocycles. The quantitative estimate of drug-likeness (QED) is 0.768. The number of rotatable bonds is 3. The lowest BCUT2D eigenvalue weighted by atomic mass is 10.2. The van der Waals surface area contributed by atoms with Crippen molar-refractivity contribution in [1.29, 1.82) is 0 Å². The van der Waals surface area contributed by atoms with E-state index in [0.29, 0.717) is 35.8 Å². The van der Waals surface area contributed by atoms with E-state index in [1.807, 2.05) is 24.3 Å². The number of nitrogens with one attached hydrogen (secondary N) is 2. The molecule has 118 valence electrons. The summed E-state index contributed by atoms with van der Waals surface area (Å²) in [7, 11) is 0. The first kappa shape index (κ1) is 14.2. The van der Waals surface area contributed by atoms with Crippen LogP contribution in [0.25, 0.3) is 10.9 Å². The number of benzene rings is 1. The molecule has 0 amide bonds. The Labute approximate surface area is 137 Å². The number of halogens is 1. The number of aromatic nitrogens is 4. The summed E-state index contributed by atoms with van der Waals surface area (Å²) in [6.45, 7) is 2.90. The van der Waals surface area contributed by atoms with Crippen LogP contribution in [-0.4, -0.2) is 46.5 Å². The lowest BCUT2D eigenvalue weighted by molar-refractivity contribution is 0.122. The fraction of sp³-hybridized carbons (Fsp3) is 0.267. The molecule has 0 bridgehead atoms. The van der Waals surface area contributed by atoms with E-state index in [0.717, 1.165) is 24.0 Å². The Morgan fingerprint density at radius 3 is 2.87 bits per heavy atom. The van der Waals surface area contributed by atoms with Crippen molar-refractivity contribution >= 4 is 40.1 Å². The largest absolute Gasteiger partial charge is 0.378 e. The van der Waals surface area contributed by atoms with Gasteiger partial charge in [0.2, 0.25) is 5.95 Å². The van der Waals surface area contributed by atoms with E-state index >= 15 is 0 Å². The minimum absolute atomic E-state index is 0.453. The Morgan fingerprint density at radius 1 is 1.17 bits per heavy atom. The van der Waals surface area contributed by atoms with E-state index in [2.05, 4.69) is 30.4 Å². The number of hydrogen-bond donors (Lipinski definition) is 2. The van der Waals surface area contributed by atoms with E-state index in [-0.39, 0.29) is 0 Å². The molecule has 1 fully saturated rings. The van der Waals surface area contributed by atoms with Crippen molar-refractivity contribution in [3.05, 3.63) is 35.5 Å². The fourth-order valence-electron chi connectivity index (χ4n) is 2.53. The predicted molar refractivity (Wildman–Crippen MR) is 89.5 cm³/mol. The normalized spacial score (nSPS) is 15.1. The standard InChI is InChI=1S/C15H15ClN6O/c16-11-9-17-15(22-5-7-23-8-6-22)19-14(11)18-13-10-3-1-2-4-12(10)20-21-13/h1-4,9H,5-8H2,(H2,17,18,19,20,21). The number of anilines is 3. The lowest BCUT2D eigenvalue weighted by Crippen LogP contribution is -2.37. The highest BCUT2D eigenvalue weighted by molar-refractivity contribution is 6.33. The average molecular weight is 331 g/mol. The summed E-state index contributed by atoms with van der Waals surface area (Å²) >= 11 is 6.23. The molecule has 0 radical (unpaired) electrons. The number of H-pyrrole nitrogens is 1. The Balaban J connectivity index is 1.65. The second kappa shape index (κ2) is 6.02. The summed E-state index contributed by atoms with van der Waals surface area (Å²) in [6.07, 6.45) is 1.61. The Morgan fingerprint density at radius 2 is 2.00 bits per heavy atom. The van der Waals surface area contributed by atoms with Crippen LogP contribution in [0.5, 0.6) is 0 Å². The summed E-state index contributed by atoms with van der Waals surface area (Å²) in [4.78, 5) is 10.9. The zero-order valence-corrected chi connectivity index (χ0v) is 13.0. The molecule has 0 spiro atoms. The first-order valence-electron chi connectivity index (χ1n) is 7.36. The SMILES string of the molecule is Clc1cnc(N2CCOCC2)nc1Nc1n[nH]c2ccccc12. The third-order valence-electron chi connectivity index (χ3n) is 3.73. The van der Waals surface area contributed by atoms with Crippen LogP contribution < -0.4 is 10.2 Å². The molecule has 0 atom stereocenters. The number of hydrogen-bond acceptors (Lipinski definition) is 6.